The molecule has 0 bridgehead atoms. The number of benzene rings is 1. The van der Waals surface area contributed by atoms with E-state index in [2.05, 4.69) is 5.32 Å². The van der Waals surface area contributed by atoms with Gasteiger partial charge >= 0.3 is 11.9 Å². The second-order valence-corrected chi connectivity index (χ2v) is 4.62. The van der Waals surface area contributed by atoms with Gasteiger partial charge in [0.15, 0.2) is 0 Å². The summed E-state index contributed by atoms with van der Waals surface area (Å²) in [6.07, 6.45) is 1.78. The quantitative estimate of drug-likeness (QED) is 0.572. The van der Waals surface area contributed by atoms with Crippen molar-refractivity contribution in [2.45, 2.75) is 18.9 Å². The summed E-state index contributed by atoms with van der Waals surface area (Å²) in [5, 5.41) is 30.0. The molecule has 1 saturated heterocycles. The average Bonchev–Trinajstić information content (AvgIpc) is 2.93. The summed E-state index contributed by atoms with van der Waals surface area (Å²) in [5.74, 6) is -1.94. The fourth-order valence-electron chi connectivity index (χ4n) is 1.68. The van der Waals surface area contributed by atoms with Crippen LogP contribution in [0.2, 0.25) is 5.02 Å². The normalized spacial score (nSPS) is 16.7. The molecule has 1 unspecified atom stereocenters. The number of carboxylic acids is 2. The molecule has 0 aromatic heterocycles. The minimum absolute atomic E-state index is 0.0741. The molecule has 1 fully saturated rings. The molecule has 0 amide bonds. The van der Waals surface area contributed by atoms with Gasteiger partial charge < -0.3 is 15.5 Å². The van der Waals surface area contributed by atoms with Gasteiger partial charge in [-0.05, 0) is 31.5 Å². The predicted molar refractivity (Wildman–Crippen MR) is 73.7 cm³/mol. The highest BCUT2D eigenvalue weighted by Crippen LogP contribution is 2.24. The topological polar surface area (TPSA) is 130 Å². The van der Waals surface area contributed by atoms with E-state index >= 15 is 0 Å². The van der Waals surface area contributed by atoms with Crippen LogP contribution in [-0.4, -0.2) is 39.7 Å². The average molecular weight is 317 g/mol. The van der Waals surface area contributed by atoms with Gasteiger partial charge in [-0.3, -0.25) is 14.9 Å². The van der Waals surface area contributed by atoms with Crippen molar-refractivity contribution < 1.29 is 24.7 Å². The second kappa shape index (κ2) is 7.55. The van der Waals surface area contributed by atoms with Crippen LogP contribution in [0.15, 0.2) is 18.2 Å². The predicted octanol–water partition coefficient (Wildman–Crippen LogP) is 1.77. The van der Waals surface area contributed by atoms with Crippen LogP contribution in [0.4, 0.5) is 5.69 Å². The zero-order chi connectivity index (χ0) is 16.0. The largest absolute Gasteiger partial charge is 0.480 e. The summed E-state index contributed by atoms with van der Waals surface area (Å²) in [6.45, 7) is 0.858. The van der Waals surface area contributed by atoms with E-state index in [0.717, 1.165) is 25.5 Å². The van der Waals surface area contributed by atoms with Crippen molar-refractivity contribution in [3.8, 4) is 0 Å². The molecule has 0 radical (unpaired) electrons. The van der Waals surface area contributed by atoms with Crippen molar-refractivity contribution in [1.29, 1.82) is 0 Å². The van der Waals surface area contributed by atoms with E-state index in [0.29, 0.717) is 0 Å². The van der Waals surface area contributed by atoms with Crippen molar-refractivity contribution in [3.63, 3.8) is 0 Å². The van der Waals surface area contributed by atoms with Crippen LogP contribution in [0, 0.1) is 10.1 Å². The van der Waals surface area contributed by atoms with Gasteiger partial charge in [0, 0.05) is 6.07 Å². The zero-order valence-corrected chi connectivity index (χ0v) is 11.5. The summed E-state index contributed by atoms with van der Waals surface area (Å²) in [5.41, 5.74) is -0.558. The summed E-state index contributed by atoms with van der Waals surface area (Å²) in [6, 6.07) is 3.04. The first kappa shape index (κ1) is 16.9. The number of aromatic carboxylic acids is 1. The first-order valence-corrected chi connectivity index (χ1v) is 6.34. The number of nitro groups is 1. The van der Waals surface area contributed by atoms with Crippen LogP contribution in [0.25, 0.3) is 0 Å². The molecular weight excluding hydrogens is 304 g/mol. The Morgan fingerprint density at radius 2 is 2.05 bits per heavy atom. The van der Waals surface area contributed by atoms with Gasteiger partial charge in [0.1, 0.15) is 11.1 Å². The molecule has 1 aromatic rings. The number of halogens is 1. The van der Waals surface area contributed by atoms with Gasteiger partial charge in [0.2, 0.25) is 0 Å². The van der Waals surface area contributed by atoms with E-state index in [1.807, 2.05) is 0 Å². The molecule has 0 saturated carbocycles. The maximum atomic E-state index is 10.4. The fourth-order valence-corrected chi connectivity index (χ4v) is 1.87. The molecule has 1 heterocycles. The lowest BCUT2D eigenvalue weighted by Gasteiger charge is -1.99. The van der Waals surface area contributed by atoms with Crippen LogP contribution in [0.1, 0.15) is 23.2 Å². The van der Waals surface area contributed by atoms with Crippen LogP contribution in [-0.2, 0) is 4.79 Å². The highest BCUT2D eigenvalue weighted by atomic mass is 35.5. The molecule has 2 rings (SSSR count). The number of aliphatic carboxylic acids is 1. The van der Waals surface area contributed by atoms with E-state index < -0.39 is 22.5 Å². The molecule has 0 aliphatic carbocycles. The van der Waals surface area contributed by atoms with Crippen LogP contribution in [0.5, 0.6) is 0 Å². The number of rotatable bonds is 3. The zero-order valence-electron chi connectivity index (χ0n) is 10.8. The van der Waals surface area contributed by atoms with Crippen LogP contribution < -0.4 is 5.32 Å². The van der Waals surface area contributed by atoms with Gasteiger partial charge in [0.25, 0.3) is 5.69 Å². The fraction of sp³-hybridized carbons (Fsp3) is 0.333. The molecule has 1 aliphatic rings. The van der Waals surface area contributed by atoms with Gasteiger partial charge in [-0.15, -0.1) is 0 Å². The first-order valence-electron chi connectivity index (χ1n) is 5.96. The number of hydrogen-bond donors (Lipinski definition) is 3. The Hall–Kier alpha value is -2.19. The van der Waals surface area contributed by atoms with Gasteiger partial charge in [-0.25, -0.2) is 4.79 Å². The number of hydrogen-bond acceptors (Lipinski definition) is 5. The molecule has 1 aromatic carbocycles. The molecule has 0 spiro atoms. The smallest absolute Gasteiger partial charge is 0.335 e. The molecular formula is C12H13ClN2O6. The molecule has 3 N–H and O–H groups in total. The molecule has 9 heteroatoms. The lowest BCUT2D eigenvalue weighted by atomic mass is 10.2. The lowest BCUT2D eigenvalue weighted by Crippen LogP contribution is -2.29. The Morgan fingerprint density at radius 3 is 2.43 bits per heavy atom. The number of nitro benzene ring substituents is 1. The third-order valence-electron chi connectivity index (χ3n) is 2.75. The monoisotopic (exact) mass is 316 g/mol. The minimum Gasteiger partial charge on any atom is -0.480 e. The number of carbonyl (C=O) groups is 2. The standard InChI is InChI=1S/C7H4ClNO4.C5H9NO2/c8-5-2-1-4(7(10)11)3-6(5)9(12)13;7-5(8)4-2-1-3-6-4/h1-3H,(H,10,11);4,6H,1-3H2,(H,7,8). The number of carboxylic acid groups (broad SMARTS) is 2. The molecule has 114 valence electrons. The first-order chi connectivity index (χ1) is 9.82. The Balaban J connectivity index is 0.000000235. The van der Waals surface area contributed by atoms with Crippen molar-refractivity contribution >= 4 is 29.2 Å². The van der Waals surface area contributed by atoms with Gasteiger partial charge in [-0.1, -0.05) is 11.6 Å². The van der Waals surface area contributed by atoms with E-state index in [1.165, 1.54) is 12.1 Å². The van der Waals surface area contributed by atoms with Crippen molar-refractivity contribution in [3.05, 3.63) is 38.9 Å². The highest BCUT2D eigenvalue weighted by molar-refractivity contribution is 6.32. The van der Waals surface area contributed by atoms with E-state index in [4.69, 9.17) is 21.8 Å². The molecule has 1 atom stereocenters. The molecule has 1 aliphatic heterocycles. The Bertz CT molecular complexity index is 557. The molecule has 8 nitrogen and oxygen atoms in total. The van der Waals surface area contributed by atoms with Gasteiger partial charge in [-0.2, -0.15) is 0 Å². The van der Waals surface area contributed by atoms with Crippen molar-refractivity contribution in [1.82, 2.24) is 5.32 Å². The lowest BCUT2D eigenvalue weighted by molar-refractivity contribution is -0.384. The number of nitrogens with one attached hydrogen (secondary N) is 1. The number of nitrogens with zero attached hydrogens (tertiary/aromatic N) is 1. The summed E-state index contributed by atoms with van der Waals surface area (Å²) in [4.78, 5) is 30.2. The van der Waals surface area contributed by atoms with E-state index in [1.54, 1.807) is 0 Å². The maximum absolute atomic E-state index is 10.4. The summed E-state index contributed by atoms with van der Waals surface area (Å²) in [7, 11) is 0. The Labute approximate surface area is 124 Å². The van der Waals surface area contributed by atoms with E-state index in [9.17, 15) is 19.7 Å². The third-order valence-corrected chi connectivity index (χ3v) is 3.07. The van der Waals surface area contributed by atoms with Gasteiger partial charge in [0.05, 0.1) is 10.5 Å². The third kappa shape index (κ3) is 5.01. The minimum atomic E-state index is -1.22. The summed E-state index contributed by atoms with van der Waals surface area (Å²) < 4.78 is 0. The highest BCUT2D eigenvalue weighted by Gasteiger charge is 2.20. The second-order valence-electron chi connectivity index (χ2n) is 4.22. The van der Waals surface area contributed by atoms with E-state index in [-0.39, 0.29) is 16.6 Å². The van der Waals surface area contributed by atoms with Crippen molar-refractivity contribution in [2.24, 2.45) is 0 Å². The Kier molecular flexibility index (Phi) is 6.07. The molecule has 21 heavy (non-hydrogen) atoms. The van der Waals surface area contributed by atoms with Crippen LogP contribution >= 0.6 is 11.6 Å². The Morgan fingerprint density at radius 1 is 1.38 bits per heavy atom. The maximum Gasteiger partial charge on any atom is 0.335 e. The summed E-state index contributed by atoms with van der Waals surface area (Å²) >= 11 is 5.46. The SMILES string of the molecule is O=C(O)C1CCCN1.O=C(O)c1ccc(Cl)c([N+](=O)[O-])c1. The van der Waals surface area contributed by atoms with Crippen LogP contribution in [0.3, 0.4) is 0 Å². The van der Waals surface area contributed by atoms with Crippen molar-refractivity contribution in [2.75, 3.05) is 6.54 Å².